The highest BCUT2D eigenvalue weighted by Crippen LogP contribution is 2.44. The standard InChI is InChI=1S/C62H44N2/c1-4-16-45(17-5-1)51-23-14-26-58(43-51)63(54-24-8-3-9-25-54)55-38-40-57(41-39-55)64(62-29-13-12-27-60(62)48-19-6-2-7-20-48)56-36-34-47(35-37-56)52-32-31-49-22-15-28-59(61(49)44-52)53-33-30-46-18-10-11-21-50(46)42-53/h1-44H. The summed E-state index contributed by atoms with van der Waals surface area (Å²) in [7, 11) is 0. The van der Waals surface area contributed by atoms with Crippen LogP contribution in [0, 0.1) is 0 Å². The topological polar surface area (TPSA) is 6.48 Å². The summed E-state index contributed by atoms with van der Waals surface area (Å²) in [5.41, 5.74) is 16.0. The highest BCUT2D eigenvalue weighted by atomic mass is 15.2. The Labute approximate surface area is 375 Å². The molecule has 11 aromatic rings. The van der Waals surface area contributed by atoms with E-state index in [-0.39, 0.29) is 0 Å². The van der Waals surface area contributed by atoms with Gasteiger partial charge >= 0.3 is 0 Å². The Bertz CT molecular complexity index is 3360. The molecule has 0 amide bonds. The van der Waals surface area contributed by atoms with Crippen molar-refractivity contribution in [2.45, 2.75) is 0 Å². The van der Waals surface area contributed by atoms with Crippen LogP contribution in [0.2, 0.25) is 0 Å². The van der Waals surface area contributed by atoms with Gasteiger partial charge in [-0.25, -0.2) is 0 Å². The van der Waals surface area contributed by atoms with E-state index in [0.717, 1.165) is 39.7 Å². The van der Waals surface area contributed by atoms with Gasteiger partial charge in [0.1, 0.15) is 0 Å². The minimum Gasteiger partial charge on any atom is -0.310 e. The van der Waals surface area contributed by atoms with Gasteiger partial charge in [0.25, 0.3) is 0 Å². The van der Waals surface area contributed by atoms with E-state index in [9.17, 15) is 0 Å². The number of fused-ring (bicyclic) bond motifs is 2. The second-order valence-corrected chi connectivity index (χ2v) is 16.2. The molecule has 302 valence electrons. The third kappa shape index (κ3) is 7.59. The van der Waals surface area contributed by atoms with E-state index in [1.165, 1.54) is 60.5 Å². The average Bonchev–Trinajstić information content (AvgIpc) is 3.38. The Balaban J connectivity index is 0.990. The molecule has 0 bridgehead atoms. The highest BCUT2D eigenvalue weighted by molar-refractivity contribution is 6.01. The minimum absolute atomic E-state index is 1.07. The lowest BCUT2D eigenvalue weighted by molar-refractivity contribution is 1.26. The van der Waals surface area contributed by atoms with Gasteiger partial charge in [0, 0.05) is 34.0 Å². The lowest BCUT2D eigenvalue weighted by atomic mass is 9.93. The fourth-order valence-electron chi connectivity index (χ4n) is 9.05. The van der Waals surface area contributed by atoms with E-state index in [4.69, 9.17) is 0 Å². The molecule has 0 aliphatic heterocycles. The molecule has 0 aliphatic rings. The quantitative estimate of drug-likeness (QED) is 0.136. The fourth-order valence-corrected chi connectivity index (χ4v) is 9.05. The molecule has 0 aliphatic carbocycles. The summed E-state index contributed by atoms with van der Waals surface area (Å²) >= 11 is 0. The number of hydrogen-bond donors (Lipinski definition) is 0. The molecule has 11 aromatic carbocycles. The van der Waals surface area contributed by atoms with Crippen LogP contribution in [-0.2, 0) is 0 Å². The van der Waals surface area contributed by atoms with Crippen LogP contribution >= 0.6 is 0 Å². The Morgan fingerprint density at radius 1 is 0.203 bits per heavy atom. The van der Waals surface area contributed by atoms with Gasteiger partial charge in [0.2, 0.25) is 0 Å². The number of rotatable bonds is 10. The molecule has 0 atom stereocenters. The minimum atomic E-state index is 1.07. The second-order valence-electron chi connectivity index (χ2n) is 16.2. The molecule has 0 N–H and O–H groups in total. The first-order valence-electron chi connectivity index (χ1n) is 21.9. The maximum absolute atomic E-state index is 2.39. The smallest absolute Gasteiger partial charge is 0.0540 e. The molecule has 0 heterocycles. The van der Waals surface area contributed by atoms with Crippen molar-refractivity contribution in [2.75, 3.05) is 9.80 Å². The number of nitrogens with zero attached hydrogens (tertiary/aromatic N) is 2. The van der Waals surface area contributed by atoms with Gasteiger partial charge in [-0.05, 0) is 139 Å². The lowest BCUT2D eigenvalue weighted by Gasteiger charge is -2.30. The molecule has 0 unspecified atom stereocenters. The first-order valence-corrected chi connectivity index (χ1v) is 21.9. The molecule has 0 saturated carbocycles. The summed E-state index contributed by atoms with van der Waals surface area (Å²) in [6.07, 6.45) is 0. The lowest BCUT2D eigenvalue weighted by Crippen LogP contribution is -2.13. The third-order valence-corrected chi connectivity index (χ3v) is 12.2. The first-order chi connectivity index (χ1) is 31.7. The molecular weight excluding hydrogens is 773 g/mol. The average molecular weight is 817 g/mol. The Kier molecular flexibility index (Phi) is 10.3. The van der Waals surface area contributed by atoms with E-state index in [1.807, 2.05) is 0 Å². The predicted octanol–water partition coefficient (Wildman–Crippen LogP) is 17.6. The summed E-state index contributed by atoms with van der Waals surface area (Å²) < 4.78 is 0. The van der Waals surface area contributed by atoms with E-state index in [0.29, 0.717) is 0 Å². The molecular formula is C62H44N2. The monoisotopic (exact) mass is 816 g/mol. The SMILES string of the molecule is c1ccc(-c2cccc(N(c3ccccc3)c3ccc(N(c4ccc(-c5ccc6cccc(-c7ccc8ccccc8c7)c6c5)cc4)c4ccccc4-c4ccccc4)cc3)c2)cc1. The molecule has 0 aromatic heterocycles. The molecule has 11 rings (SSSR count). The van der Waals surface area contributed by atoms with Crippen LogP contribution in [0.4, 0.5) is 34.1 Å². The predicted molar refractivity (Wildman–Crippen MR) is 273 cm³/mol. The van der Waals surface area contributed by atoms with Crippen LogP contribution in [0.25, 0.3) is 66.1 Å². The summed E-state index contributed by atoms with van der Waals surface area (Å²) in [4.78, 5) is 4.72. The molecule has 2 nitrogen and oxygen atoms in total. The Hall–Kier alpha value is -8.46. The van der Waals surface area contributed by atoms with Crippen molar-refractivity contribution in [3.8, 4) is 44.5 Å². The van der Waals surface area contributed by atoms with Gasteiger partial charge in [0.05, 0.1) is 5.69 Å². The zero-order valence-electron chi connectivity index (χ0n) is 35.3. The zero-order valence-corrected chi connectivity index (χ0v) is 35.3. The van der Waals surface area contributed by atoms with Crippen LogP contribution in [0.5, 0.6) is 0 Å². The normalized spacial score (nSPS) is 11.1. The molecule has 2 heteroatoms. The molecule has 0 saturated heterocycles. The van der Waals surface area contributed by atoms with Crippen molar-refractivity contribution in [3.05, 3.63) is 267 Å². The number of anilines is 6. The maximum Gasteiger partial charge on any atom is 0.0540 e. The van der Waals surface area contributed by atoms with Gasteiger partial charge < -0.3 is 9.80 Å². The van der Waals surface area contributed by atoms with Crippen LogP contribution in [0.1, 0.15) is 0 Å². The van der Waals surface area contributed by atoms with Gasteiger partial charge in [-0.15, -0.1) is 0 Å². The largest absolute Gasteiger partial charge is 0.310 e. The van der Waals surface area contributed by atoms with Crippen molar-refractivity contribution >= 4 is 55.7 Å². The van der Waals surface area contributed by atoms with Crippen LogP contribution in [0.15, 0.2) is 267 Å². The number of benzene rings is 11. The molecule has 64 heavy (non-hydrogen) atoms. The van der Waals surface area contributed by atoms with Gasteiger partial charge in [0.15, 0.2) is 0 Å². The van der Waals surface area contributed by atoms with Crippen LogP contribution < -0.4 is 9.80 Å². The van der Waals surface area contributed by atoms with Crippen molar-refractivity contribution in [1.29, 1.82) is 0 Å². The van der Waals surface area contributed by atoms with E-state index >= 15 is 0 Å². The third-order valence-electron chi connectivity index (χ3n) is 12.2. The van der Waals surface area contributed by atoms with Crippen LogP contribution in [-0.4, -0.2) is 0 Å². The first kappa shape index (κ1) is 38.5. The number of hydrogen-bond acceptors (Lipinski definition) is 2. The van der Waals surface area contributed by atoms with Crippen molar-refractivity contribution < 1.29 is 0 Å². The van der Waals surface area contributed by atoms with Gasteiger partial charge in [-0.3, -0.25) is 0 Å². The van der Waals surface area contributed by atoms with E-state index in [2.05, 4.69) is 277 Å². The van der Waals surface area contributed by atoms with Gasteiger partial charge in [-0.2, -0.15) is 0 Å². The Morgan fingerprint density at radius 3 is 1.41 bits per heavy atom. The summed E-state index contributed by atoms with van der Waals surface area (Å²) in [5, 5.41) is 4.98. The van der Waals surface area contributed by atoms with Crippen molar-refractivity contribution in [2.24, 2.45) is 0 Å². The maximum atomic E-state index is 2.39. The van der Waals surface area contributed by atoms with E-state index in [1.54, 1.807) is 0 Å². The molecule has 0 fully saturated rings. The van der Waals surface area contributed by atoms with Crippen molar-refractivity contribution in [1.82, 2.24) is 0 Å². The zero-order chi connectivity index (χ0) is 42.7. The summed E-state index contributed by atoms with van der Waals surface area (Å²) in [5.74, 6) is 0. The molecule has 0 radical (unpaired) electrons. The summed E-state index contributed by atoms with van der Waals surface area (Å²) in [6, 6.07) is 96.3. The van der Waals surface area contributed by atoms with E-state index < -0.39 is 0 Å². The highest BCUT2D eigenvalue weighted by Gasteiger charge is 2.19. The van der Waals surface area contributed by atoms with Crippen molar-refractivity contribution in [3.63, 3.8) is 0 Å². The fraction of sp³-hybridized carbons (Fsp3) is 0. The Morgan fingerprint density at radius 2 is 0.656 bits per heavy atom. The summed E-state index contributed by atoms with van der Waals surface area (Å²) in [6.45, 7) is 0. The van der Waals surface area contributed by atoms with Crippen LogP contribution in [0.3, 0.4) is 0 Å². The number of para-hydroxylation sites is 2. The van der Waals surface area contributed by atoms with Gasteiger partial charge in [-0.1, -0.05) is 188 Å². The molecule has 0 spiro atoms. The second kappa shape index (κ2) is 17.1.